The van der Waals surface area contributed by atoms with Gasteiger partial charge in [-0.1, -0.05) is 0 Å². The summed E-state index contributed by atoms with van der Waals surface area (Å²) in [5.41, 5.74) is 1.83. The molecule has 2 aliphatic heterocycles. The van der Waals surface area contributed by atoms with Crippen LogP contribution in [0.1, 0.15) is 28.4 Å². The largest absolute Gasteiger partial charge is 0.331 e. The van der Waals surface area contributed by atoms with Gasteiger partial charge in [0.1, 0.15) is 0 Å². The van der Waals surface area contributed by atoms with Crippen LogP contribution in [0.25, 0.3) is 5.78 Å². The van der Waals surface area contributed by atoms with Gasteiger partial charge in [-0.15, -0.1) is 5.10 Å². The number of hydrogen-bond acceptors (Lipinski definition) is 5. The molecular formula is C13H15N5OS. The van der Waals surface area contributed by atoms with Crippen LogP contribution in [0.5, 0.6) is 0 Å². The van der Waals surface area contributed by atoms with E-state index >= 15 is 0 Å². The van der Waals surface area contributed by atoms with Gasteiger partial charge in [-0.2, -0.15) is 16.7 Å². The van der Waals surface area contributed by atoms with Gasteiger partial charge in [-0.3, -0.25) is 4.79 Å². The quantitative estimate of drug-likeness (QED) is 0.786. The second-order valence-electron chi connectivity index (χ2n) is 5.49. The zero-order valence-electron chi connectivity index (χ0n) is 11.4. The molecule has 2 fully saturated rings. The Morgan fingerprint density at radius 1 is 1.40 bits per heavy atom. The van der Waals surface area contributed by atoms with E-state index in [0.29, 0.717) is 17.1 Å². The number of amides is 1. The number of aromatic nitrogens is 4. The molecule has 2 aromatic heterocycles. The Morgan fingerprint density at radius 2 is 2.25 bits per heavy atom. The van der Waals surface area contributed by atoms with Crippen LogP contribution in [-0.4, -0.2) is 54.0 Å². The van der Waals surface area contributed by atoms with Crippen LogP contribution >= 0.6 is 11.8 Å². The second kappa shape index (κ2) is 4.18. The van der Waals surface area contributed by atoms with E-state index in [1.54, 1.807) is 4.52 Å². The molecule has 104 valence electrons. The summed E-state index contributed by atoms with van der Waals surface area (Å²) >= 11 is 1.97. The van der Waals surface area contributed by atoms with Crippen molar-refractivity contribution in [2.75, 3.05) is 12.3 Å². The topological polar surface area (TPSA) is 63.4 Å². The number of nitrogens with zero attached hydrogens (tertiary/aromatic N) is 5. The number of aryl methyl sites for hydroxylation is 2. The van der Waals surface area contributed by atoms with Crippen molar-refractivity contribution in [2.45, 2.75) is 31.6 Å². The lowest BCUT2D eigenvalue weighted by molar-refractivity contribution is 0.0735. The zero-order valence-corrected chi connectivity index (χ0v) is 12.2. The smallest absolute Gasteiger partial charge is 0.293 e. The molecule has 0 N–H and O–H groups in total. The van der Waals surface area contributed by atoms with Crippen molar-refractivity contribution in [3.05, 3.63) is 23.3 Å². The predicted octanol–water partition coefficient (Wildman–Crippen LogP) is 1.07. The molecule has 4 heterocycles. The molecule has 2 unspecified atom stereocenters. The van der Waals surface area contributed by atoms with Crippen LogP contribution in [0.2, 0.25) is 0 Å². The fourth-order valence-electron chi connectivity index (χ4n) is 3.03. The summed E-state index contributed by atoms with van der Waals surface area (Å²) < 4.78 is 1.64. The Balaban J connectivity index is 1.72. The SMILES string of the molecule is Cc1cc(C)n2nc(C(=O)N3CC4CC3CS4)nc2n1. The molecule has 0 aromatic carbocycles. The van der Waals surface area contributed by atoms with Gasteiger partial charge < -0.3 is 4.90 Å². The highest BCUT2D eigenvalue weighted by Gasteiger charge is 2.42. The third kappa shape index (κ3) is 1.72. The first-order valence-electron chi connectivity index (χ1n) is 6.75. The summed E-state index contributed by atoms with van der Waals surface area (Å²) in [5, 5.41) is 4.93. The van der Waals surface area contributed by atoms with E-state index in [9.17, 15) is 4.79 Å². The van der Waals surface area contributed by atoms with E-state index in [1.165, 1.54) is 0 Å². The van der Waals surface area contributed by atoms with Gasteiger partial charge in [0.15, 0.2) is 0 Å². The lowest BCUT2D eigenvalue weighted by atomic mass is 10.2. The second-order valence-corrected chi connectivity index (χ2v) is 6.82. The first kappa shape index (κ1) is 12.1. The predicted molar refractivity (Wildman–Crippen MR) is 75.9 cm³/mol. The third-order valence-corrected chi connectivity index (χ3v) is 5.36. The Bertz CT molecular complexity index is 712. The first-order chi connectivity index (χ1) is 9.61. The molecule has 1 amide bonds. The Morgan fingerprint density at radius 3 is 2.95 bits per heavy atom. The summed E-state index contributed by atoms with van der Waals surface area (Å²) in [5.74, 6) is 1.76. The highest BCUT2D eigenvalue weighted by Crippen LogP contribution is 2.37. The van der Waals surface area contributed by atoms with Crippen molar-refractivity contribution in [3.8, 4) is 0 Å². The molecular weight excluding hydrogens is 274 g/mol. The standard InChI is InChI=1S/C13H15N5OS/c1-7-3-8(2)18-13(14-7)15-11(16-18)12(19)17-5-10-4-9(17)6-20-10/h3,9-10H,4-6H2,1-2H3. The number of fused-ring (bicyclic) bond motifs is 3. The maximum atomic E-state index is 12.6. The van der Waals surface area contributed by atoms with Crippen LogP contribution in [0.4, 0.5) is 0 Å². The average Bonchev–Trinajstić information content (AvgIpc) is 3.11. The van der Waals surface area contributed by atoms with Crippen molar-refractivity contribution in [2.24, 2.45) is 0 Å². The molecule has 2 saturated heterocycles. The van der Waals surface area contributed by atoms with Crippen LogP contribution in [0, 0.1) is 13.8 Å². The lowest BCUT2D eigenvalue weighted by Crippen LogP contribution is -2.39. The van der Waals surface area contributed by atoms with E-state index in [0.717, 1.165) is 30.1 Å². The normalized spacial score (nSPS) is 24.8. The number of thioether (sulfide) groups is 1. The number of carbonyl (C=O) groups is 1. The van der Waals surface area contributed by atoms with E-state index in [-0.39, 0.29) is 11.7 Å². The van der Waals surface area contributed by atoms with Crippen molar-refractivity contribution in [1.29, 1.82) is 0 Å². The third-order valence-electron chi connectivity index (χ3n) is 3.97. The number of hydrogen-bond donors (Lipinski definition) is 0. The molecule has 0 aliphatic carbocycles. The molecule has 2 atom stereocenters. The number of rotatable bonds is 1. The van der Waals surface area contributed by atoms with Gasteiger partial charge >= 0.3 is 0 Å². The van der Waals surface area contributed by atoms with E-state index in [1.807, 2.05) is 36.6 Å². The minimum Gasteiger partial charge on any atom is -0.331 e. The molecule has 7 heteroatoms. The monoisotopic (exact) mass is 289 g/mol. The maximum absolute atomic E-state index is 12.6. The molecule has 0 spiro atoms. The number of likely N-dealkylation sites (tertiary alicyclic amines) is 1. The zero-order chi connectivity index (χ0) is 13.9. The minimum atomic E-state index is -0.0552. The molecule has 2 bridgehead atoms. The average molecular weight is 289 g/mol. The van der Waals surface area contributed by atoms with E-state index in [4.69, 9.17) is 0 Å². The molecule has 6 nitrogen and oxygen atoms in total. The highest BCUT2D eigenvalue weighted by molar-refractivity contribution is 8.00. The van der Waals surface area contributed by atoms with Gasteiger partial charge in [0, 0.05) is 35.0 Å². The summed E-state index contributed by atoms with van der Waals surface area (Å²) in [6, 6.07) is 2.30. The fraction of sp³-hybridized carbons (Fsp3) is 0.538. The van der Waals surface area contributed by atoms with Crippen molar-refractivity contribution in [3.63, 3.8) is 0 Å². The lowest BCUT2D eigenvalue weighted by Gasteiger charge is -2.25. The Hall–Kier alpha value is -1.63. The van der Waals surface area contributed by atoms with Crippen molar-refractivity contribution >= 4 is 23.4 Å². The molecule has 2 aromatic rings. The Labute approximate surface area is 120 Å². The summed E-state index contributed by atoms with van der Waals surface area (Å²) in [6.45, 7) is 4.69. The van der Waals surface area contributed by atoms with Crippen molar-refractivity contribution < 1.29 is 4.79 Å². The van der Waals surface area contributed by atoms with Crippen LogP contribution < -0.4 is 0 Å². The van der Waals surface area contributed by atoms with Gasteiger partial charge in [0.2, 0.25) is 5.82 Å². The van der Waals surface area contributed by atoms with Crippen LogP contribution in [0.3, 0.4) is 0 Å². The van der Waals surface area contributed by atoms with Gasteiger partial charge in [0.05, 0.1) is 0 Å². The molecule has 4 rings (SSSR count). The van der Waals surface area contributed by atoms with Gasteiger partial charge in [-0.25, -0.2) is 9.50 Å². The number of carbonyl (C=O) groups excluding carboxylic acids is 1. The van der Waals surface area contributed by atoms with Gasteiger partial charge in [-0.05, 0) is 26.3 Å². The Kier molecular flexibility index (Phi) is 2.54. The maximum Gasteiger partial charge on any atom is 0.293 e. The first-order valence-corrected chi connectivity index (χ1v) is 7.80. The molecule has 0 saturated carbocycles. The summed E-state index contributed by atoms with van der Waals surface area (Å²) in [4.78, 5) is 23.1. The summed E-state index contributed by atoms with van der Waals surface area (Å²) in [7, 11) is 0. The van der Waals surface area contributed by atoms with Crippen molar-refractivity contribution in [1.82, 2.24) is 24.5 Å². The van der Waals surface area contributed by atoms with Crippen LogP contribution in [0.15, 0.2) is 6.07 Å². The van der Waals surface area contributed by atoms with Gasteiger partial charge in [0.25, 0.3) is 11.7 Å². The molecule has 20 heavy (non-hydrogen) atoms. The molecule has 2 aliphatic rings. The van der Waals surface area contributed by atoms with E-state index in [2.05, 4.69) is 15.1 Å². The summed E-state index contributed by atoms with van der Waals surface area (Å²) in [6.07, 6.45) is 1.11. The fourth-order valence-corrected chi connectivity index (χ4v) is 4.47. The molecule has 0 radical (unpaired) electrons. The minimum absolute atomic E-state index is 0.0552. The van der Waals surface area contributed by atoms with Crippen LogP contribution in [-0.2, 0) is 0 Å². The highest BCUT2D eigenvalue weighted by atomic mass is 32.2. The van der Waals surface area contributed by atoms with E-state index < -0.39 is 0 Å².